The first-order valence-corrected chi connectivity index (χ1v) is 6.16. The Morgan fingerprint density at radius 1 is 1.43 bits per heavy atom. The van der Waals surface area contributed by atoms with E-state index in [9.17, 15) is 5.11 Å². The number of rotatable bonds is 2. The first kappa shape index (κ1) is 10.0. The second-order valence-corrected chi connectivity index (χ2v) is 5.30. The number of hydrogen-bond acceptors (Lipinski definition) is 3. The van der Waals surface area contributed by atoms with E-state index >= 15 is 0 Å². The number of hydrogen-bond donors (Lipinski definition) is 2. The van der Waals surface area contributed by atoms with Gasteiger partial charge in [-0.15, -0.1) is 9.24 Å². The van der Waals surface area contributed by atoms with Crippen LogP contribution in [0.4, 0.5) is 5.69 Å². The Labute approximate surface area is 90.0 Å². The van der Waals surface area contributed by atoms with E-state index in [4.69, 9.17) is 0 Å². The van der Waals surface area contributed by atoms with Gasteiger partial charge in [0.1, 0.15) is 0 Å². The van der Waals surface area contributed by atoms with Crippen molar-refractivity contribution < 1.29 is 5.11 Å². The fraction of sp³-hybridized carbons (Fsp3) is 0.200. The molecule has 1 aromatic rings. The smallest absolute Gasteiger partial charge is 0.205 e. The largest absolute Gasteiger partial charge is 0.359 e. The molecular weight excluding hydrogens is 213 g/mol. The minimum atomic E-state index is -0.962. The van der Waals surface area contributed by atoms with Gasteiger partial charge in [-0.05, 0) is 17.7 Å². The molecule has 0 bridgehead atoms. The van der Waals surface area contributed by atoms with Gasteiger partial charge in [0.05, 0.1) is 0 Å². The number of para-hydroxylation sites is 1. The molecule has 1 aliphatic heterocycles. The fourth-order valence-electron chi connectivity index (χ4n) is 1.40. The Morgan fingerprint density at radius 2 is 2.21 bits per heavy atom. The normalized spacial score (nSPS) is 24.1. The molecule has 1 aliphatic rings. The van der Waals surface area contributed by atoms with Crippen LogP contribution in [0.15, 0.2) is 30.3 Å². The van der Waals surface area contributed by atoms with Crippen molar-refractivity contribution >= 4 is 32.8 Å². The molecule has 2 atom stereocenters. The summed E-state index contributed by atoms with van der Waals surface area (Å²) in [5, 5.41) is 12.2. The lowest BCUT2D eigenvalue weighted by Gasteiger charge is -2.29. The van der Waals surface area contributed by atoms with Crippen LogP contribution < -0.4 is 5.32 Å². The Kier molecular flexibility index (Phi) is 2.82. The SMILES string of the molecule is OC1(SCP)C=Cc2ccccc2N1. The highest BCUT2D eigenvalue weighted by atomic mass is 32.2. The molecule has 74 valence electrons. The van der Waals surface area contributed by atoms with Crippen molar-refractivity contribution in [1.82, 2.24) is 0 Å². The highest BCUT2D eigenvalue weighted by molar-refractivity contribution is 8.03. The summed E-state index contributed by atoms with van der Waals surface area (Å²) in [4.78, 5) is 0. The summed E-state index contributed by atoms with van der Waals surface area (Å²) in [6.07, 6.45) is 3.73. The van der Waals surface area contributed by atoms with Gasteiger partial charge in [0, 0.05) is 11.2 Å². The molecule has 0 fully saturated rings. The van der Waals surface area contributed by atoms with Crippen molar-refractivity contribution in [2.75, 3.05) is 10.8 Å². The summed E-state index contributed by atoms with van der Waals surface area (Å²) in [5.74, 6) is 0. The van der Waals surface area contributed by atoms with Gasteiger partial charge in [-0.3, -0.25) is 0 Å². The summed E-state index contributed by atoms with van der Waals surface area (Å²) >= 11 is 1.44. The molecule has 1 aromatic carbocycles. The molecule has 1 heterocycles. The van der Waals surface area contributed by atoms with Crippen LogP contribution in [0.2, 0.25) is 0 Å². The van der Waals surface area contributed by atoms with Crippen molar-refractivity contribution in [2.45, 2.75) is 5.06 Å². The molecule has 14 heavy (non-hydrogen) atoms. The summed E-state index contributed by atoms with van der Waals surface area (Å²) in [7, 11) is 2.59. The summed E-state index contributed by atoms with van der Waals surface area (Å²) in [6.45, 7) is 0. The zero-order valence-corrected chi connectivity index (χ0v) is 9.58. The zero-order chi connectivity index (χ0) is 10.0. The number of benzene rings is 1. The first-order valence-electron chi connectivity index (χ1n) is 4.36. The van der Waals surface area contributed by atoms with E-state index in [1.807, 2.05) is 30.3 Å². The van der Waals surface area contributed by atoms with E-state index in [1.54, 1.807) is 6.08 Å². The minimum absolute atomic E-state index is 0.788. The predicted molar refractivity (Wildman–Crippen MR) is 66.2 cm³/mol. The Bertz CT molecular complexity index is 369. The highest BCUT2D eigenvalue weighted by Crippen LogP contribution is 2.34. The predicted octanol–water partition coefficient (Wildman–Crippen LogP) is 2.34. The van der Waals surface area contributed by atoms with E-state index in [1.165, 1.54) is 11.8 Å². The van der Waals surface area contributed by atoms with Gasteiger partial charge in [-0.25, -0.2) is 0 Å². The minimum Gasteiger partial charge on any atom is -0.359 e. The lowest BCUT2D eigenvalue weighted by Crippen LogP contribution is -2.33. The van der Waals surface area contributed by atoms with E-state index in [0.29, 0.717) is 0 Å². The van der Waals surface area contributed by atoms with Crippen LogP contribution in [0.5, 0.6) is 0 Å². The third kappa shape index (κ3) is 1.95. The monoisotopic (exact) mass is 225 g/mol. The molecule has 0 amide bonds. The van der Waals surface area contributed by atoms with Gasteiger partial charge in [0.2, 0.25) is 5.06 Å². The van der Waals surface area contributed by atoms with Gasteiger partial charge in [0.25, 0.3) is 0 Å². The van der Waals surface area contributed by atoms with Crippen LogP contribution in [-0.2, 0) is 0 Å². The van der Waals surface area contributed by atoms with Crippen molar-refractivity contribution in [3.05, 3.63) is 35.9 Å². The number of thioether (sulfide) groups is 1. The van der Waals surface area contributed by atoms with Gasteiger partial charge in [-0.1, -0.05) is 36.0 Å². The maximum atomic E-state index is 10.1. The lowest BCUT2D eigenvalue weighted by atomic mass is 10.1. The maximum Gasteiger partial charge on any atom is 0.205 e. The maximum absolute atomic E-state index is 10.1. The Morgan fingerprint density at radius 3 is 3.00 bits per heavy atom. The number of anilines is 1. The molecule has 2 rings (SSSR count). The molecule has 2 nitrogen and oxygen atoms in total. The van der Waals surface area contributed by atoms with Crippen LogP contribution in [0.3, 0.4) is 0 Å². The van der Waals surface area contributed by atoms with Crippen molar-refractivity contribution in [3.63, 3.8) is 0 Å². The third-order valence-corrected chi connectivity index (χ3v) is 3.41. The molecule has 2 unspecified atom stereocenters. The van der Waals surface area contributed by atoms with Crippen LogP contribution >= 0.6 is 21.0 Å². The van der Waals surface area contributed by atoms with Crippen molar-refractivity contribution in [2.24, 2.45) is 0 Å². The van der Waals surface area contributed by atoms with Crippen LogP contribution in [0, 0.1) is 0 Å². The second-order valence-electron chi connectivity index (χ2n) is 3.05. The number of fused-ring (bicyclic) bond motifs is 1. The van der Waals surface area contributed by atoms with Crippen molar-refractivity contribution in [1.29, 1.82) is 0 Å². The molecule has 0 aliphatic carbocycles. The second kappa shape index (κ2) is 3.93. The quantitative estimate of drug-likeness (QED) is 0.598. The van der Waals surface area contributed by atoms with E-state index in [2.05, 4.69) is 14.6 Å². The van der Waals surface area contributed by atoms with E-state index < -0.39 is 5.06 Å². The average molecular weight is 225 g/mol. The van der Waals surface area contributed by atoms with Crippen molar-refractivity contribution in [3.8, 4) is 0 Å². The Hall–Kier alpha value is -0.500. The zero-order valence-electron chi connectivity index (χ0n) is 7.60. The summed E-state index contributed by atoms with van der Waals surface area (Å²) < 4.78 is 0. The van der Waals surface area contributed by atoms with Crippen LogP contribution in [-0.4, -0.2) is 15.7 Å². The van der Waals surface area contributed by atoms with Gasteiger partial charge < -0.3 is 10.4 Å². The van der Waals surface area contributed by atoms with E-state index in [0.717, 1.165) is 16.7 Å². The van der Waals surface area contributed by atoms with Crippen LogP contribution in [0.25, 0.3) is 6.08 Å². The number of aliphatic hydroxyl groups is 1. The molecule has 0 saturated carbocycles. The average Bonchev–Trinajstić information content (AvgIpc) is 2.17. The lowest BCUT2D eigenvalue weighted by molar-refractivity contribution is 0.218. The molecule has 0 saturated heterocycles. The summed E-state index contributed by atoms with van der Waals surface area (Å²) in [6, 6.07) is 7.92. The number of nitrogens with one attached hydrogen (secondary N) is 1. The van der Waals surface area contributed by atoms with E-state index in [-0.39, 0.29) is 0 Å². The molecule has 2 N–H and O–H groups in total. The molecule has 0 spiro atoms. The molecular formula is C10H12NOPS. The first-order chi connectivity index (χ1) is 6.73. The van der Waals surface area contributed by atoms with Gasteiger partial charge in [0.15, 0.2) is 0 Å². The fourth-order valence-corrected chi connectivity index (χ4v) is 2.77. The standard InChI is InChI=1S/C10H12NOPS/c12-10(14-7-13)6-5-8-3-1-2-4-9(8)11-10/h1-6,11-12H,7,13H2. The topological polar surface area (TPSA) is 32.3 Å². The third-order valence-electron chi connectivity index (χ3n) is 2.07. The molecule has 0 aromatic heterocycles. The highest BCUT2D eigenvalue weighted by Gasteiger charge is 2.26. The Balaban J connectivity index is 2.29. The molecule has 4 heteroatoms. The summed E-state index contributed by atoms with van der Waals surface area (Å²) in [5.41, 5.74) is 2.88. The van der Waals surface area contributed by atoms with Gasteiger partial charge in [-0.2, -0.15) is 0 Å². The molecule has 0 radical (unpaired) electrons. The van der Waals surface area contributed by atoms with Crippen LogP contribution in [0.1, 0.15) is 5.56 Å². The van der Waals surface area contributed by atoms with Gasteiger partial charge >= 0.3 is 0 Å².